The van der Waals surface area contributed by atoms with Crippen LogP contribution in [-0.2, 0) is 0 Å². The SMILES string of the molecule is c1ccc2cc(-c3c4ccccc4c(-c4ccc5c6ccccc6c6ccccc6c5c4)c4cc(-c5cccc6ccccc56)ccc34)ccc2c1. The van der Waals surface area contributed by atoms with Gasteiger partial charge in [0.05, 0.1) is 0 Å². The van der Waals surface area contributed by atoms with Crippen molar-refractivity contribution in [3.05, 3.63) is 194 Å². The molecule has 0 saturated carbocycles. The maximum atomic E-state index is 2.45. The van der Waals surface area contributed by atoms with Crippen molar-refractivity contribution in [2.24, 2.45) is 0 Å². The quantitative estimate of drug-likeness (QED) is 0.131. The van der Waals surface area contributed by atoms with Gasteiger partial charge in [-0.3, -0.25) is 0 Å². The fourth-order valence-electron chi connectivity index (χ4n) is 8.85. The first-order chi connectivity index (χ1) is 25.8. The normalized spacial score (nSPS) is 11.8. The van der Waals surface area contributed by atoms with E-state index in [4.69, 9.17) is 0 Å². The van der Waals surface area contributed by atoms with Crippen LogP contribution in [0.5, 0.6) is 0 Å². The van der Waals surface area contributed by atoms with E-state index in [1.807, 2.05) is 0 Å². The lowest BCUT2D eigenvalue weighted by Gasteiger charge is -2.20. The first-order valence-electron chi connectivity index (χ1n) is 18.1. The van der Waals surface area contributed by atoms with Gasteiger partial charge < -0.3 is 0 Å². The second-order valence-electron chi connectivity index (χ2n) is 14.0. The van der Waals surface area contributed by atoms with Gasteiger partial charge in [-0.1, -0.05) is 176 Å². The maximum absolute atomic E-state index is 2.45. The minimum atomic E-state index is 1.22. The van der Waals surface area contributed by atoms with Crippen LogP contribution in [-0.4, -0.2) is 0 Å². The molecule has 0 atom stereocenters. The molecule has 0 aliphatic heterocycles. The smallest absolute Gasteiger partial charge is 0.00259 e. The molecule has 11 aromatic rings. The van der Waals surface area contributed by atoms with Gasteiger partial charge >= 0.3 is 0 Å². The van der Waals surface area contributed by atoms with Crippen LogP contribution >= 0.6 is 0 Å². The Balaban J connectivity index is 1.28. The summed E-state index contributed by atoms with van der Waals surface area (Å²) in [4.78, 5) is 0. The summed E-state index contributed by atoms with van der Waals surface area (Å²) < 4.78 is 0. The third-order valence-electron chi connectivity index (χ3n) is 11.2. The molecule has 0 aliphatic rings. The van der Waals surface area contributed by atoms with Crippen LogP contribution < -0.4 is 0 Å². The van der Waals surface area contributed by atoms with E-state index in [0.717, 1.165) is 0 Å². The molecule has 0 aromatic heterocycles. The van der Waals surface area contributed by atoms with Crippen LogP contribution in [0.1, 0.15) is 0 Å². The van der Waals surface area contributed by atoms with Crippen molar-refractivity contribution in [2.45, 2.75) is 0 Å². The van der Waals surface area contributed by atoms with Crippen LogP contribution in [0.15, 0.2) is 194 Å². The average Bonchev–Trinajstić information content (AvgIpc) is 3.22. The molecule has 0 heteroatoms. The van der Waals surface area contributed by atoms with E-state index in [1.54, 1.807) is 0 Å². The monoisotopic (exact) mass is 656 g/mol. The Bertz CT molecular complexity index is 3200. The average molecular weight is 657 g/mol. The molecule has 0 bridgehead atoms. The van der Waals surface area contributed by atoms with E-state index in [1.165, 1.54) is 109 Å². The van der Waals surface area contributed by atoms with Crippen molar-refractivity contribution in [3.63, 3.8) is 0 Å². The van der Waals surface area contributed by atoms with Gasteiger partial charge in [0.1, 0.15) is 0 Å². The highest BCUT2D eigenvalue weighted by Crippen LogP contribution is 2.47. The van der Waals surface area contributed by atoms with Crippen LogP contribution in [0.3, 0.4) is 0 Å². The second kappa shape index (κ2) is 11.4. The summed E-state index contributed by atoms with van der Waals surface area (Å²) >= 11 is 0. The number of fused-ring (bicyclic) bond motifs is 10. The zero-order valence-electron chi connectivity index (χ0n) is 28.5. The van der Waals surface area contributed by atoms with Crippen molar-refractivity contribution in [2.75, 3.05) is 0 Å². The zero-order chi connectivity index (χ0) is 34.2. The molecule has 0 saturated heterocycles. The largest absolute Gasteiger partial charge is 0.0616 e. The predicted octanol–water partition coefficient (Wildman–Crippen LogP) is 14.8. The van der Waals surface area contributed by atoms with Gasteiger partial charge in [0, 0.05) is 0 Å². The molecule has 0 N–H and O–H groups in total. The van der Waals surface area contributed by atoms with Gasteiger partial charge in [-0.05, 0) is 127 Å². The molecule has 0 unspecified atom stereocenters. The molecular formula is C52H32. The van der Waals surface area contributed by atoms with Crippen LogP contribution in [0.4, 0.5) is 0 Å². The van der Waals surface area contributed by atoms with Gasteiger partial charge in [-0.2, -0.15) is 0 Å². The Labute approximate surface area is 301 Å². The van der Waals surface area contributed by atoms with Crippen molar-refractivity contribution < 1.29 is 0 Å². The number of rotatable bonds is 3. The summed E-state index contributed by atoms with van der Waals surface area (Å²) in [5, 5.41) is 17.8. The Morgan fingerprint density at radius 1 is 0.192 bits per heavy atom. The Kier molecular flexibility index (Phi) is 6.35. The molecule has 0 spiro atoms. The van der Waals surface area contributed by atoms with E-state index in [2.05, 4.69) is 194 Å². The molecule has 0 aliphatic carbocycles. The summed E-state index contributed by atoms with van der Waals surface area (Å²) in [6.45, 7) is 0. The summed E-state index contributed by atoms with van der Waals surface area (Å²) in [5.74, 6) is 0. The first kappa shape index (κ1) is 29.0. The first-order valence-corrected chi connectivity index (χ1v) is 18.1. The minimum Gasteiger partial charge on any atom is -0.0616 e. The minimum absolute atomic E-state index is 1.22. The van der Waals surface area contributed by atoms with Crippen molar-refractivity contribution in [1.29, 1.82) is 0 Å². The Hall–Kier alpha value is -6.76. The number of hydrogen-bond donors (Lipinski definition) is 0. The third kappa shape index (κ3) is 4.35. The molecule has 0 fully saturated rings. The fraction of sp³-hybridized carbons (Fsp3) is 0. The lowest BCUT2D eigenvalue weighted by atomic mass is 9.83. The molecule has 0 amide bonds. The predicted molar refractivity (Wildman–Crippen MR) is 225 cm³/mol. The molecular weight excluding hydrogens is 625 g/mol. The molecule has 0 radical (unpaired) electrons. The standard InChI is InChI=1S/C52H32/c1-2-14-35-30-37(25-24-33(35)12-1)51-46-21-9-10-22-47(46)52(50-31-36(26-29-48(50)51)40-23-11-15-34-13-3-4-16-39(34)40)38-27-28-45-43-19-6-5-17-41(43)42-18-7-8-20-44(42)49(45)32-38/h1-32H. The summed E-state index contributed by atoms with van der Waals surface area (Å²) in [6.07, 6.45) is 0. The fourth-order valence-corrected chi connectivity index (χ4v) is 8.85. The zero-order valence-corrected chi connectivity index (χ0v) is 28.5. The van der Waals surface area contributed by atoms with E-state index in [0.29, 0.717) is 0 Å². The lowest BCUT2D eigenvalue weighted by Crippen LogP contribution is -1.93. The van der Waals surface area contributed by atoms with E-state index < -0.39 is 0 Å². The van der Waals surface area contributed by atoms with Gasteiger partial charge in [0.15, 0.2) is 0 Å². The summed E-state index contributed by atoms with van der Waals surface area (Å²) in [5.41, 5.74) is 7.50. The van der Waals surface area contributed by atoms with E-state index in [9.17, 15) is 0 Å². The van der Waals surface area contributed by atoms with Gasteiger partial charge in [-0.15, -0.1) is 0 Å². The molecule has 0 heterocycles. The van der Waals surface area contributed by atoms with Crippen LogP contribution in [0.25, 0.3) is 109 Å². The van der Waals surface area contributed by atoms with Gasteiger partial charge in [0.2, 0.25) is 0 Å². The van der Waals surface area contributed by atoms with Crippen molar-refractivity contribution >= 4 is 75.4 Å². The van der Waals surface area contributed by atoms with Gasteiger partial charge in [0.25, 0.3) is 0 Å². The van der Waals surface area contributed by atoms with E-state index >= 15 is 0 Å². The highest BCUT2D eigenvalue weighted by molar-refractivity contribution is 6.27. The van der Waals surface area contributed by atoms with Crippen LogP contribution in [0.2, 0.25) is 0 Å². The molecule has 11 rings (SSSR count). The molecule has 52 heavy (non-hydrogen) atoms. The second-order valence-corrected chi connectivity index (χ2v) is 14.0. The number of benzene rings is 11. The van der Waals surface area contributed by atoms with Crippen molar-refractivity contribution in [3.8, 4) is 33.4 Å². The molecule has 11 aromatic carbocycles. The Morgan fingerprint density at radius 3 is 1.33 bits per heavy atom. The number of hydrogen-bond acceptors (Lipinski definition) is 0. The summed E-state index contributed by atoms with van der Waals surface area (Å²) in [7, 11) is 0. The van der Waals surface area contributed by atoms with E-state index in [-0.39, 0.29) is 0 Å². The topological polar surface area (TPSA) is 0 Å². The van der Waals surface area contributed by atoms with Crippen molar-refractivity contribution in [1.82, 2.24) is 0 Å². The van der Waals surface area contributed by atoms with Crippen LogP contribution in [0, 0.1) is 0 Å². The van der Waals surface area contributed by atoms with Gasteiger partial charge in [-0.25, -0.2) is 0 Å². The molecule has 0 nitrogen and oxygen atoms in total. The third-order valence-corrected chi connectivity index (χ3v) is 11.2. The lowest BCUT2D eigenvalue weighted by molar-refractivity contribution is 1.66. The maximum Gasteiger partial charge on any atom is -0.00259 e. The highest BCUT2D eigenvalue weighted by atomic mass is 14.2. The Morgan fingerprint density at radius 2 is 0.615 bits per heavy atom. The highest BCUT2D eigenvalue weighted by Gasteiger charge is 2.19. The molecule has 240 valence electrons. The summed E-state index contributed by atoms with van der Waals surface area (Å²) in [6, 6.07) is 72.0.